The number of fused-ring (bicyclic) bond motifs is 1. The molecule has 144 valence electrons. The Bertz CT molecular complexity index is 944. The fraction of sp³-hybridized carbons (Fsp3) is 0.500. The normalized spacial score (nSPS) is 11.8. The first-order chi connectivity index (χ1) is 12.1. The molecule has 0 saturated carbocycles. The molecule has 2 amide bonds. The van der Waals surface area contributed by atoms with Crippen LogP contribution in [0.3, 0.4) is 0 Å². The number of thiophene rings is 1. The van der Waals surface area contributed by atoms with Crippen molar-refractivity contribution < 1.29 is 18.0 Å². The van der Waals surface area contributed by atoms with Gasteiger partial charge >= 0.3 is 17.9 Å². The number of aryl methyl sites for hydroxylation is 2. The first-order valence-electron chi connectivity index (χ1n) is 7.67. The van der Waals surface area contributed by atoms with Crippen molar-refractivity contribution in [3.63, 3.8) is 0 Å². The predicted octanol–water partition coefficient (Wildman–Crippen LogP) is 1.18. The number of alkyl halides is 3. The Hall–Kier alpha value is -2.34. The summed E-state index contributed by atoms with van der Waals surface area (Å²) >= 11 is 1.00. The largest absolute Gasteiger partial charge is 0.390 e. The van der Waals surface area contributed by atoms with Gasteiger partial charge in [0, 0.05) is 18.0 Å². The third kappa shape index (κ3) is 3.90. The van der Waals surface area contributed by atoms with E-state index in [4.69, 9.17) is 5.84 Å². The fourth-order valence-electron chi connectivity index (χ4n) is 2.54. The van der Waals surface area contributed by atoms with Crippen LogP contribution < -0.4 is 27.8 Å². The number of amides is 2. The lowest BCUT2D eigenvalue weighted by Crippen LogP contribution is -2.40. The number of hydrogen-bond acceptors (Lipinski definition) is 5. The van der Waals surface area contributed by atoms with E-state index in [9.17, 15) is 27.6 Å². The van der Waals surface area contributed by atoms with Crippen LogP contribution in [0.1, 0.15) is 23.8 Å². The monoisotopic (exact) mass is 393 g/mol. The molecule has 4 N–H and O–H groups in total. The van der Waals surface area contributed by atoms with Gasteiger partial charge in [-0.1, -0.05) is 0 Å². The van der Waals surface area contributed by atoms with E-state index >= 15 is 0 Å². The molecule has 0 aliphatic carbocycles. The molecule has 0 saturated heterocycles. The summed E-state index contributed by atoms with van der Waals surface area (Å²) in [6, 6.07) is -0.651. The molecule has 8 nitrogen and oxygen atoms in total. The summed E-state index contributed by atoms with van der Waals surface area (Å²) in [5.41, 5.74) is 1.05. The van der Waals surface area contributed by atoms with Crippen LogP contribution in [0.4, 0.5) is 18.0 Å². The smallest absolute Gasteiger partial charge is 0.332 e. The van der Waals surface area contributed by atoms with Crippen LogP contribution in [0.5, 0.6) is 0 Å². The molecule has 0 radical (unpaired) electrons. The molecular formula is C14H18F3N5O3S. The average molecular weight is 393 g/mol. The molecule has 0 bridgehead atoms. The molecule has 2 aromatic heterocycles. The maximum atomic E-state index is 12.6. The highest BCUT2D eigenvalue weighted by molar-refractivity contribution is 7.18. The summed E-state index contributed by atoms with van der Waals surface area (Å²) in [6.07, 6.45) is -5.63. The summed E-state index contributed by atoms with van der Waals surface area (Å²) < 4.78 is 39.7. The summed E-state index contributed by atoms with van der Waals surface area (Å²) in [7, 11) is 0. The van der Waals surface area contributed by atoms with Gasteiger partial charge in [0.05, 0.1) is 18.4 Å². The van der Waals surface area contributed by atoms with Crippen molar-refractivity contribution in [1.82, 2.24) is 19.9 Å². The Balaban J connectivity index is 2.63. The van der Waals surface area contributed by atoms with Crippen molar-refractivity contribution in [2.45, 2.75) is 46.1 Å². The van der Waals surface area contributed by atoms with Crippen molar-refractivity contribution in [3.8, 4) is 0 Å². The number of nitrogens with one attached hydrogen (secondary N) is 2. The van der Waals surface area contributed by atoms with Gasteiger partial charge in [0.15, 0.2) is 0 Å². The van der Waals surface area contributed by atoms with E-state index in [2.05, 4.69) is 5.32 Å². The molecule has 0 aliphatic heterocycles. The number of hydrogen-bond donors (Lipinski definition) is 3. The zero-order valence-corrected chi connectivity index (χ0v) is 14.9. The Morgan fingerprint density at radius 3 is 2.46 bits per heavy atom. The standard InChI is InChI=1S/C14H18F3N5O3S/c1-3-21-10(23)9-7(2)8(6-19-12(24)20-18)26-11(9)22(13(21)25)5-4-14(15,16)17/h3-6,18H2,1-2H3,(H2,19,20,24). The van der Waals surface area contributed by atoms with Crippen LogP contribution in [-0.2, 0) is 19.6 Å². The highest BCUT2D eigenvalue weighted by atomic mass is 32.1. The number of hydrazine groups is 1. The number of carbonyl (C=O) groups is 1. The minimum Gasteiger partial charge on any atom is -0.332 e. The van der Waals surface area contributed by atoms with Gasteiger partial charge in [-0.05, 0) is 19.4 Å². The molecule has 2 rings (SSSR count). The molecule has 2 aromatic rings. The van der Waals surface area contributed by atoms with E-state index in [-0.39, 0.29) is 23.3 Å². The van der Waals surface area contributed by atoms with Gasteiger partial charge in [-0.2, -0.15) is 13.2 Å². The minimum atomic E-state index is -4.44. The second-order valence-electron chi connectivity index (χ2n) is 5.51. The molecule has 0 fully saturated rings. The molecule has 26 heavy (non-hydrogen) atoms. The topological polar surface area (TPSA) is 111 Å². The molecule has 0 atom stereocenters. The average Bonchev–Trinajstić information content (AvgIpc) is 2.88. The Morgan fingerprint density at radius 2 is 1.92 bits per heavy atom. The second kappa shape index (κ2) is 7.50. The summed E-state index contributed by atoms with van der Waals surface area (Å²) in [4.78, 5) is 37.0. The van der Waals surface area contributed by atoms with Gasteiger partial charge in [-0.25, -0.2) is 15.4 Å². The van der Waals surface area contributed by atoms with Gasteiger partial charge in [0.25, 0.3) is 5.56 Å². The van der Waals surface area contributed by atoms with Crippen LogP contribution in [0, 0.1) is 6.92 Å². The molecule has 2 heterocycles. The van der Waals surface area contributed by atoms with Gasteiger partial charge in [0.1, 0.15) is 4.83 Å². The van der Waals surface area contributed by atoms with Crippen LogP contribution in [-0.4, -0.2) is 21.3 Å². The quantitative estimate of drug-likeness (QED) is 0.402. The Kier molecular flexibility index (Phi) is 5.76. The summed E-state index contributed by atoms with van der Waals surface area (Å²) in [6.45, 7) is 2.66. The lowest BCUT2D eigenvalue weighted by molar-refractivity contribution is -0.136. The van der Waals surface area contributed by atoms with Crippen molar-refractivity contribution in [1.29, 1.82) is 0 Å². The zero-order chi connectivity index (χ0) is 19.6. The number of nitrogens with zero attached hydrogens (tertiary/aromatic N) is 2. The third-order valence-corrected chi connectivity index (χ3v) is 5.18. The number of carbonyl (C=O) groups excluding carboxylic acids is 1. The van der Waals surface area contributed by atoms with E-state index < -0.39 is 36.4 Å². The van der Waals surface area contributed by atoms with Crippen molar-refractivity contribution >= 4 is 27.6 Å². The van der Waals surface area contributed by atoms with E-state index in [1.54, 1.807) is 13.8 Å². The SMILES string of the molecule is CCn1c(=O)c2c(C)c(CNC(=O)NN)sc2n(CCC(F)(F)F)c1=O. The first-order valence-corrected chi connectivity index (χ1v) is 8.49. The third-order valence-electron chi connectivity index (χ3n) is 3.87. The number of halogens is 3. The van der Waals surface area contributed by atoms with Gasteiger partial charge in [-0.15, -0.1) is 11.3 Å². The number of aromatic nitrogens is 2. The first kappa shape index (κ1) is 20.0. The van der Waals surface area contributed by atoms with Gasteiger partial charge < -0.3 is 5.32 Å². The molecule has 0 spiro atoms. The maximum Gasteiger partial charge on any atom is 0.390 e. The zero-order valence-electron chi connectivity index (χ0n) is 14.1. The summed E-state index contributed by atoms with van der Waals surface area (Å²) in [5, 5.41) is 2.63. The molecule has 12 heteroatoms. The van der Waals surface area contributed by atoms with Crippen LogP contribution in [0.15, 0.2) is 9.59 Å². The molecule has 0 unspecified atom stereocenters. The van der Waals surface area contributed by atoms with E-state index in [0.717, 1.165) is 20.5 Å². The van der Waals surface area contributed by atoms with Crippen LogP contribution in [0.25, 0.3) is 10.2 Å². The second-order valence-corrected chi connectivity index (χ2v) is 6.59. The van der Waals surface area contributed by atoms with E-state index in [0.29, 0.717) is 10.4 Å². The fourth-order valence-corrected chi connectivity index (χ4v) is 3.79. The highest BCUT2D eigenvalue weighted by Gasteiger charge is 2.28. The lowest BCUT2D eigenvalue weighted by Gasteiger charge is -2.12. The predicted molar refractivity (Wildman–Crippen MR) is 91.0 cm³/mol. The van der Waals surface area contributed by atoms with Crippen molar-refractivity contribution in [2.75, 3.05) is 0 Å². The Morgan fingerprint density at radius 1 is 1.27 bits per heavy atom. The van der Waals surface area contributed by atoms with E-state index in [1.807, 2.05) is 5.43 Å². The van der Waals surface area contributed by atoms with Crippen LogP contribution >= 0.6 is 11.3 Å². The molecular weight excluding hydrogens is 375 g/mol. The van der Waals surface area contributed by atoms with Gasteiger partial charge in [0.2, 0.25) is 0 Å². The molecule has 0 aromatic carbocycles. The number of urea groups is 1. The minimum absolute atomic E-state index is 0.0211. The molecule has 0 aliphatic rings. The van der Waals surface area contributed by atoms with Crippen LogP contribution in [0.2, 0.25) is 0 Å². The maximum absolute atomic E-state index is 12.6. The van der Waals surface area contributed by atoms with E-state index in [1.165, 1.54) is 0 Å². The number of rotatable bonds is 5. The van der Waals surface area contributed by atoms with Crippen molar-refractivity contribution in [3.05, 3.63) is 31.3 Å². The summed E-state index contributed by atoms with van der Waals surface area (Å²) in [5.74, 6) is 4.97. The van der Waals surface area contributed by atoms with Gasteiger partial charge in [-0.3, -0.25) is 19.4 Å². The number of nitrogens with two attached hydrogens (primary N) is 1. The lowest BCUT2D eigenvalue weighted by atomic mass is 10.2. The highest BCUT2D eigenvalue weighted by Crippen LogP contribution is 2.29. The van der Waals surface area contributed by atoms with Crippen molar-refractivity contribution in [2.24, 2.45) is 5.84 Å². The Labute approximate surface area is 149 Å².